The Morgan fingerprint density at radius 1 is 1.22 bits per heavy atom. The van der Waals surface area contributed by atoms with Gasteiger partial charge in [0.25, 0.3) is 5.91 Å². The van der Waals surface area contributed by atoms with Crippen LogP contribution in [0.2, 0.25) is 5.02 Å². The van der Waals surface area contributed by atoms with Gasteiger partial charge in [0.1, 0.15) is 11.5 Å². The quantitative estimate of drug-likeness (QED) is 0.497. The molecule has 1 spiro atoms. The first kappa shape index (κ1) is 19.6. The van der Waals surface area contributed by atoms with Crippen molar-refractivity contribution in [3.05, 3.63) is 86.8 Å². The van der Waals surface area contributed by atoms with Crippen LogP contribution >= 0.6 is 27.5 Å². The zero-order valence-electron chi connectivity index (χ0n) is 16.9. The minimum absolute atomic E-state index is 0.214. The van der Waals surface area contributed by atoms with E-state index in [1.807, 2.05) is 54.6 Å². The van der Waals surface area contributed by atoms with E-state index >= 15 is 0 Å². The molecule has 0 aromatic heterocycles. The Bertz CT molecular complexity index is 1330. The average molecular weight is 511 g/mol. The Morgan fingerprint density at radius 2 is 2.09 bits per heavy atom. The zero-order chi connectivity index (χ0) is 22.0. The summed E-state index contributed by atoms with van der Waals surface area (Å²) in [6.07, 6.45) is 0.599. The monoisotopic (exact) mass is 509 g/mol. The van der Waals surface area contributed by atoms with Crippen molar-refractivity contribution >= 4 is 44.8 Å². The Hall–Kier alpha value is -3.03. The van der Waals surface area contributed by atoms with Crippen LogP contribution in [-0.2, 0) is 10.5 Å². The predicted molar refractivity (Wildman–Crippen MR) is 125 cm³/mol. The van der Waals surface area contributed by atoms with Gasteiger partial charge in [0, 0.05) is 27.0 Å². The van der Waals surface area contributed by atoms with Gasteiger partial charge in [-0.25, -0.2) is 5.01 Å². The van der Waals surface area contributed by atoms with Crippen LogP contribution in [0.1, 0.15) is 29.2 Å². The van der Waals surface area contributed by atoms with E-state index in [4.69, 9.17) is 26.2 Å². The van der Waals surface area contributed by atoms with Gasteiger partial charge in [0.15, 0.2) is 0 Å². The molecule has 3 aromatic rings. The fraction of sp³-hybridized carbons (Fsp3) is 0.167. The van der Waals surface area contributed by atoms with Crippen molar-refractivity contribution < 1.29 is 14.3 Å². The van der Waals surface area contributed by atoms with E-state index in [9.17, 15) is 4.79 Å². The molecule has 3 aromatic carbocycles. The summed E-state index contributed by atoms with van der Waals surface area (Å²) in [5, 5.41) is 10.3. The van der Waals surface area contributed by atoms with Crippen molar-refractivity contribution in [3.8, 4) is 11.5 Å². The second-order valence-corrected chi connectivity index (χ2v) is 9.27. The number of ether oxygens (including phenoxy) is 2. The molecule has 3 aliphatic rings. The van der Waals surface area contributed by atoms with Crippen molar-refractivity contribution in [2.24, 2.45) is 5.10 Å². The maximum absolute atomic E-state index is 13.5. The van der Waals surface area contributed by atoms with Crippen molar-refractivity contribution in [1.82, 2.24) is 5.01 Å². The molecule has 1 N–H and O–H groups in total. The fourth-order valence-electron chi connectivity index (χ4n) is 4.66. The van der Waals surface area contributed by atoms with Crippen LogP contribution in [0.5, 0.6) is 11.5 Å². The molecular weight excluding hydrogens is 494 g/mol. The molecule has 3 heterocycles. The molecule has 1 amide bonds. The van der Waals surface area contributed by atoms with Crippen LogP contribution < -0.4 is 14.8 Å². The molecule has 0 aliphatic carbocycles. The summed E-state index contributed by atoms with van der Waals surface area (Å²) in [5.74, 6) is 1.10. The molecule has 0 unspecified atom stereocenters. The normalized spacial score (nSPS) is 22.6. The molecule has 0 bridgehead atoms. The van der Waals surface area contributed by atoms with E-state index in [2.05, 4.69) is 21.2 Å². The second kappa shape index (κ2) is 6.98. The average Bonchev–Trinajstić information content (AvgIpc) is 3.36. The van der Waals surface area contributed by atoms with Crippen LogP contribution in [0.3, 0.4) is 0 Å². The number of hydrogen-bond donors (Lipinski definition) is 1. The van der Waals surface area contributed by atoms with E-state index in [1.165, 1.54) is 0 Å². The minimum atomic E-state index is -1.41. The van der Waals surface area contributed by atoms with Gasteiger partial charge in [-0.2, -0.15) is 5.10 Å². The number of carbonyl (C=O) groups excluding carboxylic acids is 1. The molecule has 0 saturated carbocycles. The number of anilines is 1. The molecule has 6 rings (SSSR count). The zero-order valence-corrected chi connectivity index (χ0v) is 19.3. The van der Waals surface area contributed by atoms with E-state index in [1.54, 1.807) is 18.2 Å². The van der Waals surface area contributed by atoms with Gasteiger partial charge in [0.2, 0.25) is 0 Å². The summed E-state index contributed by atoms with van der Waals surface area (Å²) in [6.45, 7) is 0. The van der Waals surface area contributed by atoms with Crippen LogP contribution in [0.25, 0.3) is 0 Å². The van der Waals surface area contributed by atoms with E-state index in [0.29, 0.717) is 22.9 Å². The smallest absolute Gasteiger partial charge is 0.306 e. The Kier molecular flexibility index (Phi) is 4.29. The highest BCUT2D eigenvalue weighted by Gasteiger charge is 2.61. The lowest BCUT2D eigenvalue weighted by Crippen LogP contribution is -2.55. The summed E-state index contributed by atoms with van der Waals surface area (Å²) in [6, 6.07) is 18.7. The number of halogens is 2. The number of fused-ring (bicyclic) bond motifs is 6. The number of methoxy groups -OCH3 is 1. The summed E-state index contributed by atoms with van der Waals surface area (Å²) in [5.41, 5.74) is 2.70. The molecule has 160 valence electrons. The van der Waals surface area contributed by atoms with Crippen LogP contribution in [0.15, 0.2) is 70.2 Å². The van der Waals surface area contributed by atoms with Crippen LogP contribution in [0, 0.1) is 0 Å². The molecule has 6 nitrogen and oxygen atoms in total. The molecule has 8 heteroatoms. The maximum atomic E-state index is 13.5. The number of benzene rings is 3. The lowest BCUT2D eigenvalue weighted by molar-refractivity contribution is -0.161. The molecule has 0 radical (unpaired) electrons. The summed E-state index contributed by atoms with van der Waals surface area (Å²) in [7, 11) is 1.64. The minimum Gasteiger partial charge on any atom is -0.497 e. The van der Waals surface area contributed by atoms with E-state index in [0.717, 1.165) is 32.6 Å². The number of hydrogen-bond acceptors (Lipinski definition) is 5. The molecule has 0 saturated heterocycles. The number of amides is 1. The lowest BCUT2D eigenvalue weighted by atomic mass is 9.92. The predicted octanol–water partition coefficient (Wildman–Crippen LogP) is 5.46. The number of rotatable bonds is 2. The van der Waals surface area contributed by atoms with Gasteiger partial charge in [0.05, 0.1) is 30.1 Å². The highest BCUT2D eigenvalue weighted by atomic mass is 79.9. The first-order chi connectivity index (χ1) is 15.5. The molecule has 2 atom stereocenters. The number of nitrogens with one attached hydrogen (secondary N) is 1. The van der Waals surface area contributed by atoms with Gasteiger partial charge < -0.3 is 14.8 Å². The maximum Gasteiger partial charge on any atom is 0.306 e. The highest BCUT2D eigenvalue weighted by Crippen LogP contribution is 2.54. The van der Waals surface area contributed by atoms with Crippen molar-refractivity contribution in [3.63, 3.8) is 0 Å². The Morgan fingerprint density at radius 3 is 2.94 bits per heavy atom. The Balaban J connectivity index is 1.57. The lowest BCUT2D eigenvalue weighted by Gasteiger charge is -2.44. The molecular formula is C24H17BrClN3O3. The van der Waals surface area contributed by atoms with E-state index in [-0.39, 0.29) is 11.9 Å². The highest BCUT2D eigenvalue weighted by molar-refractivity contribution is 9.10. The van der Waals surface area contributed by atoms with E-state index < -0.39 is 5.72 Å². The summed E-state index contributed by atoms with van der Waals surface area (Å²) in [4.78, 5) is 13.5. The van der Waals surface area contributed by atoms with Gasteiger partial charge in [-0.1, -0.05) is 39.7 Å². The van der Waals surface area contributed by atoms with Crippen molar-refractivity contribution in [2.75, 3.05) is 12.4 Å². The third kappa shape index (κ3) is 2.71. The summed E-state index contributed by atoms with van der Waals surface area (Å²) < 4.78 is 12.7. The third-order valence-corrected chi connectivity index (χ3v) is 6.86. The largest absolute Gasteiger partial charge is 0.497 e. The topological polar surface area (TPSA) is 63.2 Å². The first-order valence-corrected chi connectivity index (χ1v) is 11.3. The summed E-state index contributed by atoms with van der Waals surface area (Å²) >= 11 is 9.86. The number of carbonyl (C=O) groups is 1. The molecule has 32 heavy (non-hydrogen) atoms. The second-order valence-electron chi connectivity index (χ2n) is 7.92. The van der Waals surface area contributed by atoms with Crippen LogP contribution in [0.4, 0.5) is 5.69 Å². The SMILES string of the molecule is COc1cccc(C2=NN3[C@@H](C2)c2cc(Cl)ccc2O[C@@]32C(=O)Nc3ccc(Br)cc32)c1. The first-order valence-electron chi connectivity index (χ1n) is 10.1. The molecule has 3 aliphatic heterocycles. The number of nitrogens with zero attached hydrogens (tertiary/aromatic N) is 2. The van der Waals surface area contributed by atoms with Gasteiger partial charge in [-0.3, -0.25) is 4.79 Å². The number of hydrazone groups is 1. The van der Waals surface area contributed by atoms with Crippen molar-refractivity contribution in [1.29, 1.82) is 0 Å². The van der Waals surface area contributed by atoms with Gasteiger partial charge >= 0.3 is 5.72 Å². The standard InChI is InChI=1S/C24H17BrClN3O3/c1-31-16-4-2-3-13(9-16)20-12-21-17-11-15(26)6-8-22(17)32-24(29(21)28-20)18-10-14(25)5-7-19(18)27-23(24)30/h2-11,21H,12H2,1H3,(H,27,30)/t21-,24-/m0/s1. The third-order valence-electron chi connectivity index (χ3n) is 6.13. The molecule has 0 fully saturated rings. The van der Waals surface area contributed by atoms with Crippen LogP contribution in [-0.4, -0.2) is 23.7 Å². The van der Waals surface area contributed by atoms with Crippen molar-refractivity contribution in [2.45, 2.75) is 18.2 Å². The van der Waals surface area contributed by atoms with Gasteiger partial charge in [-0.15, -0.1) is 0 Å². The van der Waals surface area contributed by atoms with Gasteiger partial charge in [-0.05, 0) is 48.5 Å². The fourth-order valence-corrected chi connectivity index (χ4v) is 5.20. The Labute approximate surface area is 197 Å².